The number of benzene rings is 1. The lowest BCUT2D eigenvalue weighted by molar-refractivity contribution is -0.144. The highest BCUT2D eigenvalue weighted by atomic mass is 16.5. The standard InChI is InChI=1S/C11H16.C6H12O2.C6H14.C4H10/c1-3-10(2)9-11-7-5-4-6-8-11;1-4-5(2)6(7)8-3;1-4-6(3)5-2;1-4(2)3/h4-8,10H,3,9H2,1-2H3;5H,4H2,1-3H3;6H,4-5H2,1-3H3;4H,1-3H3. The molecule has 29 heavy (non-hydrogen) atoms. The fourth-order valence-corrected chi connectivity index (χ4v) is 1.82. The minimum absolute atomic E-state index is 0.0556. The lowest BCUT2D eigenvalue weighted by atomic mass is 9.99. The molecule has 0 saturated heterocycles. The molecule has 0 bridgehead atoms. The number of esters is 1. The maximum atomic E-state index is 10.5. The highest BCUT2D eigenvalue weighted by Gasteiger charge is 2.08. The van der Waals surface area contributed by atoms with Gasteiger partial charge in [-0.2, -0.15) is 0 Å². The fraction of sp³-hybridized carbons (Fsp3) is 0.741. The van der Waals surface area contributed by atoms with Crippen LogP contribution in [0.25, 0.3) is 0 Å². The molecule has 2 nitrogen and oxygen atoms in total. The Morgan fingerprint density at radius 1 is 0.759 bits per heavy atom. The number of rotatable bonds is 7. The first-order valence-electron chi connectivity index (χ1n) is 11.7. The summed E-state index contributed by atoms with van der Waals surface area (Å²) in [6.45, 7) is 21.6. The Bertz CT molecular complexity index is 432. The van der Waals surface area contributed by atoms with Crippen LogP contribution >= 0.6 is 0 Å². The van der Waals surface area contributed by atoms with E-state index in [1.807, 2.05) is 13.8 Å². The predicted octanol–water partition coefficient (Wildman–Crippen LogP) is 8.59. The average molecular weight is 409 g/mol. The molecule has 0 N–H and O–H groups in total. The van der Waals surface area contributed by atoms with Crippen LogP contribution in [0.4, 0.5) is 0 Å². The van der Waals surface area contributed by atoms with E-state index >= 15 is 0 Å². The van der Waals surface area contributed by atoms with E-state index in [9.17, 15) is 4.79 Å². The van der Waals surface area contributed by atoms with Gasteiger partial charge < -0.3 is 4.74 Å². The van der Waals surface area contributed by atoms with E-state index < -0.39 is 0 Å². The van der Waals surface area contributed by atoms with Crippen molar-refractivity contribution in [1.82, 2.24) is 0 Å². The lowest BCUT2D eigenvalue weighted by Crippen LogP contribution is -2.10. The first-order chi connectivity index (χ1) is 13.6. The van der Waals surface area contributed by atoms with E-state index in [2.05, 4.69) is 90.5 Å². The molecule has 2 heteroatoms. The third kappa shape index (κ3) is 26.7. The smallest absolute Gasteiger partial charge is 0.308 e. The molecular formula is C27H52O2. The van der Waals surface area contributed by atoms with Crippen molar-refractivity contribution < 1.29 is 9.53 Å². The van der Waals surface area contributed by atoms with Crippen LogP contribution in [0.15, 0.2) is 30.3 Å². The lowest BCUT2D eigenvalue weighted by Gasteiger charge is -2.06. The van der Waals surface area contributed by atoms with Crippen LogP contribution in [-0.4, -0.2) is 13.1 Å². The second kappa shape index (κ2) is 23.0. The van der Waals surface area contributed by atoms with Gasteiger partial charge in [0.15, 0.2) is 0 Å². The molecule has 0 aliphatic heterocycles. The van der Waals surface area contributed by atoms with Crippen molar-refractivity contribution in [3.8, 4) is 0 Å². The molecule has 1 aromatic carbocycles. The van der Waals surface area contributed by atoms with Gasteiger partial charge in [0.05, 0.1) is 13.0 Å². The number of ether oxygens (including phenoxy) is 1. The van der Waals surface area contributed by atoms with Crippen LogP contribution in [0, 0.1) is 23.7 Å². The molecule has 2 atom stereocenters. The second-order valence-corrected chi connectivity index (χ2v) is 8.69. The molecule has 0 heterocycles. The Labute approximate surface area is 183 Å². The van der Waals surface area contributed by atoms with Crippen molar-refractivity contribution in [2.75, 3.05) is 7.11 Å². The molecule has 2 unspecified atom stereocenters. The summed E-state index contributed by atoms with van der Waals surface area (Å²) in [4.78, 5) is 10.5. The summed E-state index contributed by atoms with van der Waals surface area (Å²) >= 11 is 0. The van der Waals surface area contributed by atoms with Gasteiger partial charge in [-0.05, 0) is 36.2 Å². The van der Waals surface area contributed by atoms with Crippen molar-refractivity contribution in [3.05, 3.63) is 35.9 Å². The molecule has 0 spiro atoms. The molecule has 1 aromatic rings. The van der Waals surface area contributed by atoms with E-state index in [1.54, 1.807) is 0 Å². The highest BCUT2D eigenvalue weighted by Crippen LogP contribution is 2.10. The van der Waals surface area contributed by atoms with Gasteiger partial charge in [-0.25, -0.2) is 0 Å². The summed E-state index contributed by atoms with van der Waals surface area (Å²) in [5, 5.41) is 0. The molecular weight excluding hydrogens is 356 g/mol. The normalized spacial score (nSPS) is 11.8. The average Bonchev–Trinajstić information content (AvgIpc) is 2.73. The van der Waals surface area contributed by atoms with E-state index in [4.69, 9.17) is 0 Å². The van der Waals surface area contributed by atoms with Crippen LogP contribution in [-0.2, 0) is 16.0 Å². The Balaban J connectivity index is -0.000000333. The van der Waals surface area contributed by atoms with Gasteiger partial charge in [0, 0.05) is 0 Å². The number of hydrogen-bond donors (Lipinski definition) is 0. The fourth-order valence-electron chi connectivity index (χ4n) is 1.82. The molecule has 0 aromatic heterocycles. The van der Waals surface area contributed by atoms with Gasteiger partial charge in [-0.3, -0.25) is 4.79 Å². The van der Waals surface area contributed by atoms with Crippen LogP contribution in [0.5, 0.6) is 0 Å². The van der Waals surface area contributed by atoms with Crippen molar-refractivity contribution in [2.45, 2.75) is 101 Å². The Morgan fingerprint density at radius 3 is 1.41 bits per heavy atom. The monoisotopic (exact) mass is 408 g/mol. The van der Waals surface area contributed by atoms with Gasteiger partial charge in [0.1, 0.15) is 0 Å². The molecule has 0 aliphatic carbocycles. The zero-order valence-corrected chi connectivity index (χ0v) is 21.5. The Morgan fingerprint density at radius 2 is 1.17 bits per heavy atom. The maximum absolute atomic E-state index is 10.5. The zero-order chi connectivity index (χ0) is 23.2. The van der Waals surface area contributed by atoms with Crippen molar-refractivity contribution in [1.29, 1.82) is 0 Å². The summed E-state index contributed by atoms with van der Waals surface area (Å²) in [5.74, 6) is 2.52. The summed E-state index contributed by atoms with van der Waals surface area (Å²) in [6, 6.07) is 10.7. The van der Waals surface area contributed by atoms with Crippen LogP contribution in [0.2, 0.25) is 0 Å². The molecule has 0 radical (unpaired) electrons. The SMILES string of the molecule is CC(C)C.CCC(C)C(=O)OC.CCC(C)CC.CCC(C)Cc1ccccc1. The van der Waals surface area contributed by atoms with E-state index in [0.717, 1.165) is 24.2 Å². The molecule has 0 aliphatic rings. The number of methoxy groups -OCH3 is 1. The first-order valence-corrected chi connectivity index (χ1v) is 11.7. The second-order valence-electron chi connectivity index (χ2n) is 8.69. The van der Waals surface area contributed by atoms with E-state index in [-0.39, 0.29) is 11.9 Å². The predicted molar refractivity (Wildman–Crippen MR) is 131 cm³/mol. The quantitative estimate of drug-likeness (QED) is 0.422. The summed E-state index contributed by atoms with van der Waals surface area (Å²) in [7, 11) is 1.41. The van der Waals surface area contributed by atoms with Crippen molar-refractivity contribution >= 4 is 5.97 Å². The third-order valence-electron chi connectivity index (χ3n) is 4.73. The van der Waals surface area contributed by atoms with Gasteiger partial charge in [-0.15, -0.1) is 0 Å². The molecule has 172 valence electrons. The minimum Gasteiger partial charge on any atom is -0.469 e. The van der Waals surface area contributed by atoms with E-state index in [1.165, 1.54) is 38.4 Å². The largest absolute Gasteiger partial charge is 0.469 e. The Kier molecular flexibility index (Phi) is 25.6. The molecule has 0 amide bonds. The van der Waals surface area contributed by atoms with Gasteiger partial charge in [0.2, 0.25) is 0 Å². The van der Waals surface area contributed by atoms with Gasteiger partial charge in [-0.1, -0.05) is 119 Å². The summed E-state index contributed by atoms with van der Waals surface area (Å²) in [6.07, 6.45) is 6.01. The van der Waals surface area contributed by atoms with Crippen molar-refractivity contribution in [2.24, 2.45) is 23.7 Å². The molecule has 0 fully saturated rings. The maximum Gasteiger partial charge on any atom is 0.308 e. The number of carbonyl (C=O) groups excluding carboxylic acids is 1. The molecule has 0 saturated carbocycles. The molecule has 1 rings (SSSR count). The summed E-state index contributed by atoms with van der Waals surface area (Å²) in [5.41, 5.74) is 1.46. The topological polar surface area (TPSA) is 26.3 Å². The zero-order valence-electron chi connectivity index (χ0n) is 21.5. The summed E-state index contributed by atoms with van der Waals surface area (Å²) < 4.78 is 4.46. The van der Waals surface area contributed by atoms with Gasteiger partial charge >= 0.3 is 5.97 Å². The van der Waals surface area contributed by atoms with Crippen LogP contribution in [0.3, 0.4) is 0 Å². The van der Waals surface area contributed by atoms with Crippen LogP contribution < -0.4 is 0 Å². The first kappa shape index (κ1) is 32.4. The third-order valence-corrected chi connectivity index (χ3v) is 4.73. The number of carbonyl (C=O) groups is 1. The van der Waals surface area contributed by atoms with Crippen molar-refractivity contribution in [3.63, 3.8) is 0 Å². The highest BCUT2D eigenvalue weighted by molar-refractivity contribution is 5.71. The van der Waals surface area contributed by atoms with E-state index in [0.29, 0.717) is 0 Å². The minimum atomic E-state index is -0.118. The van der Waals surface area contributed by atoms with Gasteiger partial charge in [0.25, 0.3) is 0 Å². The number of hydrogen-bond acceptors (Lipinski definition) is 2. The Hall–Kier alpha value is -1.31. The van der Waals surface area contributed by atoms with Crippen LogP contribution in [0.1, 0.15) is 100 Å².